The van der Waals surface area contributed by atoms with Crippen LogP contribution in [0.2, 0.25) is 0 Å². The van der Waals surface area contributed by atoms with Crippen molar-refractivity contribution in [2.24, 2.45) is 0 Å². The molecule has 2 nitrogen and oxygen atoms in total. The van der Waals surface area contributed by atoms with Crippen molar-refractivity contribution in [3.8, 4) is 0 Å². The Kier molecular flexibility index (Phi) is 3.79. The molecule has 0 saturated carbocycles. The van der Waals surface area contributed by atoms with Gasteiger partial charge in [0.05, 0.1) is 5.56 Å². The quantitative estimate of drug-likeness (QED) is 0.698. The zero-order valence-electron chi connectivity index (χ0n) is 5.15. The number of carbonyl (C=O) groups is 1. The van der Waals surface area contributed by atoms with Crippen molar-refractivity contribution in [3.63, 3.8) is 0 Å². The molecule has 0 amide bonds. The zero-order valence-corrected chi connectivity index (χ0v) is 6.43. The van der Waals surface area contributed by atoms with Gasteiger partial charge in [0.1, 0.15) is 0 Å². The van der Waals surface area contributed by atoms with Crippen LogP contribution in [0.1, 0.15) is 10.4 Å². The number of aromatic carboxylic acids is 1. The SMILES string of the molecule is O=C(O)c1ccccc1.[Cr]. The summed E-state index contributed by atoms with van der Waals surface area (Å²) in [6.45, 7) is 0. The first-order valence-corrected chi connectivity index (χ1v) is 2.59. The van der Waals surface area contributed by atoms with Crippen LogP contribution < -0.4 is 0 Å². The minimum Gasteiger partial charge on any atom is -0.478 e. The Morgan fingerprint density at radius 1 is 1.20 bits per heavy atom. The Bertz CT molecular complexity index is 208. The third-order valence-electron chi connectivity index (χ3n) is 1.02. The molecule has 0 unspecified atom stereocenters. The number of benzene rings is 1. The average molecular weight is 174 g/mol. The van der Waals surface area contributed by atoms with E-state index in [2.05, 4.69) is 0 Å². The number of carboxylic acids is 1. The smallest absolute Gasteiger partial charge is 0.335 e. The summed E-state index contributed by atoms with van der Waals surface area (Å²) in [5.74, 6) is -0.879. The summed E-state index contributed by atoms with van der Waals surface area (Å²) in [6.07, 6.45) is 0. The molecule has 0 aliphatic carbocycles. The molecular formula is C7H6CrO2. The first-order valence-electron chi connectivity index (χ1n) is 2.59. The van der Waals surface area contributed by atoms with E-state index in [0.717, 1.165) is 0 Å². The van der Waals surface area contributed by atoms with Gasteiger partial charge in [-0.3, -0.25) is 0 Å². The van der Waals surface area contributed by atoms with E-state index in [0.29, 0.717) is 5.56 Å². The first-order chi connectivity index (χ1) is 4.30. The standard InChI is InChI=1S/C7H6O2.Cr/c8-7(9)6-4-2-1-3-5-6;/h1-5H,(H,8,9);. The van der Waals surface area contributed by atoms with Gasteiger partial charge in [-0.2, -0.15) is 0 Å². The van der Waals surface area contributed by atoms with Crippen molar-refractivity contribution < 1.29 is 27.3 Å². The van der Waals surface area contributed by atoms with Gasteiger partial charge in [-0.25, -0.2) is 4.79 Å². The molecule has 10 heavy (non-hydrogen) atoms. The van der Waals surface area contributed by atoms with Gasteiger partial charge in [-0.05, 0) is 12.1 Å². The number of hydrogen-bond donors (Lipinski definition) is 1. The van der Waals surface area contributed by atoms with Crippen LogP contribution in [0.4, 0.5) is 0 Å². The molecule has 0 aliphatic heterocycles. The van der Waals surface area contributed by atoms with Gasteiger partial charge >= 0.3 is 5.97 Å². The topological polar surface area (TPSA) is 37.3 Å². The van der Waals surface area contributed by atoms with Crippen molar-refractivity contribution in [2.45, 2.75) is 0 Å². The Morgan fingerprint density at radius 2 is 1.70 bits per heavy atom. The second-order valence-electron chi connectivity index (χ2n) is 1.67. The second-order valence-corrected chi connectivity index (χ2v) is 1.67. The molecule has 0 fully saturated rings. The van der Waals surface area contributed by atoms with Gasteiger partial charge < -0.3 is 5.11 Å². The molecule has 1 aromatic carbocycles. The largest absolute Gasteiger partial charge is 0.478 e. The van der Waals surface area contributed by atoms with E-state index in [9.17, 15) is 4.79 Å². The maximum Gasteiger partial charge on any atom is 0.335 e. The zero-order chi connectivity index (χ0) is 6.69. The Hall–Kier alpha value is -0.778. The van der Waals surface area contributed by atoms with Gasteiger partial charge in [0.15, 0.2) is 0 Å². The predicted octanol–water partition coefficient (Wildman–Crippen LogP) is 1.38. The first kappa shape index (κ1) is 9.22. The van der Waals surface area contributed by atoms with E-state index in [1.54, 1.807) is 30.3 Å². The Balaban J connectivity index is 0.000000810. The molecular weight excluding hydrogens is 168 g/mol. The van der Waals surface area contributed by atoms with Crippen molar-refractivity contribution >= 4 is 5.97 Å². The molecule has 0 spiro atoms. The van der Waals surface area contributed by atoms with E-state index in [1.165, 1.54) is 0 Å². The van der Waals surface area contributed by atoms with Crippen molar-refractivity contribution in [1.82, 2.24) is 0 Å². The van der Waals surface area contributed by atoms with E-state index in [-0.39, 0.29) is 17.4 Å². The summed E-state index contributed by atoms with van der Waals surface area (Å²) in [4.78, 5) is 10.2. The number of rotatable bonds is 1. The van der Waals surface area contributed by atoms with Gasteiger partial charge in [-0.1, -0.05) is 18.2 Å². The second kappa shape index (κ2) is 4.10. The fourth-order valence-electron chi connectivity index (χ4n) is 0.581. The summed E-state index contributed by atoms with van der Waals surface area (Å²) in [7, 11) is 0. The molecule has 0 atom stereocenters. The van der Waals surface area contributed by atoms with Crippen LogP contribution in [0, 0.1) is 0 Å². The van der Waals surface area contributed by atoms with E-state index < -0.39 is 5.97 Å². The van der Waals surface area contributed by atoms with Gasteiger partial charge in [0.25, 0.3) is 0 Å². The molecule has 0 saturated heterocycles. The van der Waals surface area contributed by atoms with E-state index >= 15 is 0 Å². The molecule has 52 valence electrons. The van der Waals surface area contributed by atoms with Crippen molar-refractivity contribution in [2.75, 3.05) is 0 Å². The van der Waals surface area contributed by atoms with E-state index in [4.69, 9.17) is 5.11 Å². The maximum absolute atomic E-state index is 10.2. The third-order valence-corrected chi connectivity index (χ3v) is 1.02. The predicted molar refractivity (Wildman–Crippen MR) is 33.4 cm³/mol. The normalized spacial score (nSPS) is 8.00. The average Bonchev–Trinajstić information content (AvgIpc) is 1.90. The summed E-state index contributed by atoms with van der Waals surface area (Å²) < 4.78 is 0. The van der Waals surface area contributed by atoms with Crippen molar-refractivity contribution in [1.29, 1.82) is 0 Å². The molecule has 1 N–H and O–H groups in total. The van der Waals surface area contributed by atoms with Crippen LogP contribution >= 0.6 is 0 Å². The molecule has 0 radical (unpaired) electrons. The number of carboxylic acid groups (broad SMARTS) is 1. The summed E-state index contributed by atoms with van der Waals surface area (Å²) in [6, 6.07) is 8.30. The molecule has 1 aromatic rings. The molecule has 0 aliphatic rings. The molecule has 0 aromatic heterocycles. The van der Waals surface area contributed by atoms with Crippen LogP contribution in [-0.2, 0) is 17.4 Å². The summed E-state index contributed by atoms with van der Waals surface area (Å²) in [5, 5.41) is 8.38. The van der Waals surface area contributed by atoms with Crippen LogP contribution in [0.5, 0.6) is 0 Å². The monoisotopic (exact) mass is 174 g/mol. The molecule has 3 heteroatoms. The minimum atomic E-state index is -0.879. The molecule has 0 heterocycles. The summed E-state index contributed by atoms with van der Waals surface area (Å²) in [5.41, 5.74) is 0.331. The van der Waals surface area contributed by atoms with Crippen LogP contribution in [-0.4, -0.2) is 11.1 Å². The number of hydrogen-bond acceptors (Lipinski definition) is 1. The fourth-order valence-corrected chi connectivity index (χ4v) is 0.581. The fraction of sp³-hybridized carbons (Fsp3) is 0. The van der Waals surface area contributed by atoms with Gasteiger partial charge in [0.2, 0.25) is 0 Å². The minimum absolute atomic E-state index is 0. The van der Waals surface area contributed by atoms with Crippen LogP contribution in [0.3, 0.4) is 0 Å². The van der Waals surface area contributed by atoms with Gasteiger partial charge in [0, 0.05) is 17.4 Å². The molecule has 1 rings (SSSR count). The Labute approximate surface area is 69.6 Å². The maximum atomic E-state index is 10.2. The van der Waals surface area contributed by atoms with Gasteiger partial charge in [-0.15, -0.1) is 0 Å². The Morgan fingerprint density at radius 3 is 2.00 bits per heavy atom. The van der Waals surface area contributed by atoms with Crippen LogP contribution in [0.15, 0.2) is 30.3 Å². The van der Waals surface area contributed by atoms with Crippen molar-refractivity contribution in [3.05, 3.63) is 35.9 Å². The summed E-state index contributed by atoms with van der Waals surface area (Å²) >= 11 is 0. The van der Waals surface area contributed by atoms with Crippen LogP contribution in [0.25, 0.3) is 0 Å². The third kappa shape index (κ3) is 2.22. The molecule has 0 bridgehead atoms. The van der Waals surface area contributed by atoms with E-state index in [1.807, 2.05) is 0 Å².